The quantitative estimate of drug-likeness (QED) is 0.676. The lowest BCUT2D eigenvalue weighted by Gasteiger charge is -1.96. The molecule has 0 atom stereocenters. The third kappa shape index (κ3) is 1.28. The number of rotatable bonds is 1. The molecule has 2 heterocycles. The molecule has 0 radical (unpaired) electrons. The predicted octanol–water partition coefficient (Wildman–Crippen LogP) is -0.179. The highest BCUT2D eigenvalue weighted by Crippen LogP contribution is 2.11. The molecule has 0 saturated heterocycles. The fourth-order valence-corrected chi connectivity index (χ4v) is 1.47. The first-order valence-electron chi connectivity index (χ1n) is 4.59. The van der Waals surface area contributed by atoms with E-state index in [-0.39, 0.29) is 22.5 Å². The van der Waals surface area contributed by atoms with E-state index in [1.165, 1.54) is 11.6 Å². The average Bonchev–Trinajstić information content (AvgIpc) is 2.60. The third-order valence-electron chi connectivity index (χ3n) is 2.29. The third-order valence-corrected chi connectivity index (χ3v) is 2.29. The summed E-state index contributed by atoms with van der Waals surface area (Å²) in [6.07, 6.45) is 0. The largest absolute Gasteiger partial charge is 0.465 e. The molecule has 16 heavy (non-hydrogen) atoms. The molecule has 0 unspecified atom stereocenters. The highest BCUT2D eigenvalue weighted by atomic mass is 16.5. The Balaban J connectivity index is 2.87. The van der Waals surface area contributed by atoms with Crippen LogP contribution in [0.3, 0.4) is 0 Å². The Morgan fingerprint density at radius 1 is 1.38 bits per heavy atom. The van der Waals surface area contributed by atoms with Crippen molar-refractivity contribution in [1.82, 2.24) is 19.8 Å². The first-order valence-corrected chi connectivity index (χ1v) is 4.59. The number of carbonyl (C=O) groups is 1. The van der Waals surface area contributed by atoms with Crippen molar-refractivity contribution in [3.63, 3.8) is 0 Å². The van der Waals surface area contributed by atoms with E-state index in [4.69, 9.17) is 0 Å². The average molecular weight is 222 g/mol. The van der Waals surface area contributed by atoms with E-state index in [2.05, 4.69) is 20.0 Å². The molecule has 0 aliphatic heterocycles. The minimum atomic E-state index is -0.547. The molecule has 2 aromatic heterocycles. The van der Waals surface area contributed by atoms with Gasteiger partial charge in [0.05, 0.1) is 7.11 Å². The lowest BCUT2D eigenvalue weighted by molar-refractivity contribution is 0.0602. The second kappa shape index (κ2) is 3.44. The molecular weight excluding hydrogens is 212 g/mol. The van der Waals surface area contributed by atoms with Crippen LogP contribution >= 0.6 is 0 Å². The molecular formula is C9H10N4O3. The van der Waals surface area contributed by atoms with Crippen LogP contribution in [0.25, 0.3) is 5.65 Å². The maximum Gasteiger partial charge on any atom is 0.343 e. The fraction of sp³-hybridized carbons (Fsp3) is 0.333. The maximum absolute atomic E-state index is 11.7. The molecule has 1 N–H and O–H groups in total. The van der Waals surface area contributed by atoms with Crippen LogP contribution in [0.4, 0.5) is 0 Å². The van der Waals surface area contributed by atoms with Crippen molar-refractivity contribution in [2.75, 3.05) is 7.11 Å². The zero-order chi connectivity index (χ0) is 11.9. The molecule has 0 aliphatic rings. The van der Waals surface area contributed by atoms with Gasteiger partial charge in [-0.2, -0.15) is 4.52 Å². The van der Waals surface area contributed by atoms with E-state index in [1.807, 2.05) is 0 Å². The molecule has 0 fully saturated rings. The fourth-order valence-electron chi connectivity index (χ4n) is 1.47. The number of esters is 1. The van der Waals surface area contributed by atoms with Crippen LogP contribution in [-0.2, 0) is 4.74 Å². The minimum Gasteiger partial charge on any atom is -0.465 e. The van der Waals surface area contributed by atoms with Gasteiger partial charge in [-0.15, -0.1) is 10.2 Å². The number of nitrogens with zero attached hydrogens (tertiary/aromatic N) is 3. The maximum atomic E-state index is 11.7. The van der Waals surface area contributed by atoms with Gasteiger partial charge in [0.15, 0.2) is 5.65 Å². The lowest BCUT2D eigenvalue weighted by Crippen LogP contribution is -2.20. The first-order chi connectivity index (χ1) is 7.56. The second-order valence-corrected chi connectivity index (χ2v) is 3.35. The van der Waals surface area contributed by atoms with Gasteiger partial charge < -0.3 is 4.74 Å². The number of methoxy groups -OCH3 is 1. The number of ether oxygens (including phenoxy) is 1. The van der Waals surface area contributed by atoms with E-state index in [1.54, 1.807) is 13.8 Å². The Morgan fingerprint density at radius 2 is 2.06 bits per heavy atom. The second-order valence-electron chi connectivity index (χ2n) is 3.35. The van der Waals surface area contributed by atoms with Crippen molar-refractivity contribution < 1.29 is 9.53 Å². The number of H-pyrrole nitrogens is 1. The highest BCUT2D eigenvalue weighted by molar-refractivity contribution is 5.96. The monoisotopic (exact) mass is 222 g/mol. The molecule has 0 spiro atoms. The lowest BCUT2D eigenvalue weighted by atomic mass is 10.2. The first kappa shape index (κ1) is 10.3. The van der Waals surface area contributed by atoms with Crippen LogP contribution in [0.1, 0.15) is 21.7 Å². The summed E-state index contributed by atoms with van der Waals surface area (Å²) in [7, 11) is 1.27. The van der Waals surface area contributed by atoms with Gasteiger partial charge in [-0.05, 0) is 13.8 Å². The van der Waals surface area contributed by atoms with Crippen LogP contribution in [-0.4, -0.2) is 32.9 Å². The minimum absolute atomic E-state index is 0.181. The summed E-state index contributed by atoms with van der Waals surface area (Å²) in [6, 6.07) is 0. The van der Waals surface area contributed by atoms with Crippen LogP contribution in [0.2, 0.25) is 0 Å². The smallest absolute Gasteiger partial charge is 0.343 e. The van der Waals surface area contributed by atoms with Crippen LogP contribution < -0.4 is 5.56 Å². The molecule has 2 aromatic rings. The molecule has 0 amide bonds. The Morgan fingerprint density at radius 3 is 2.69 bits per heavy atom. The highest BCUT2D eigenvalue weighted by Gasteiger charge is 2.19. The van der Waals surface area contributed by atoms with E-state index in [0.29, 0.717) is 5.69 Å². The summed E-state index contributed by atoms with van der Waals surface area (Å²) in [5.74, 6) is -0.547. The summed E-state index contributed by atoms with van der Waals surface area (Å²) in [6.45, 7) is 3.21. The number of aromatic amines is 1. The van der Waals surface area contributed by atoms with Crippen LogP contribution in [0.5, 0.6) is 0 Å². The van der Waals surface area contributed by atoms with E-state index < -0.39 is 5.97 Å². The van der Waals surface area contributed by atoms with Crippen LogP contribution in [0, 0.1) is 13.8 Å². The van der Waals surface area contributed by atoms with Gasteiger partial charge in [0.25, 0.3) is 5.56 Å². The van der Waals surface area contributed by atoms with Gasteiger partial charge in [-0.25, -0.2) is 4.79 Å². The van der Waals surface area contributed by atoms with Crippen molar-refractivity contribution in [2.45, 2.75) is 13.8 Å². The van der Waals surface area contributed by atoms with Crippen molar-refractivity contribution in [1.29, 1.82) is 0 Å². The number of fused-ring (bicyclic) bond motifs is 1. The number of aryl methyl sites for hydroxylation is 2. The Hall–Kier alpha value is -2.18. The Labute approximate surface area is 90.0 Å². The SMILES string of the molecule is COC(=O)c1c(C)[nH]n2c(=O)c(C)nnc12. The van der Waals surface area contributed by atoms with E-state index in [9.17, 15) is 9.59 Å². The molecule has 7 nitrogen and oxygen atoms in total. The van der Waals surface area contributed by atoms with Crippen LogP contribution in [0.15, 0.2) is 4.79 Å². The molecule has 0 bridgehead atoms. The molecule has 0 aliphatic carbocycles. The molecule has 0 saturated carbocycles. The number of hydrogen-bond acceptors (Lipinski definition) is 5. The zero-order valence-corrected chi connectivity index (χ0v) is 9.07. The summed E-state index contributed by atoms with van der Waals surface area (Å²) in [5.41, 5.74) is 0.856. The topological polar surface area (TPSA) is 89.4 Å². The van der Waals surface area contributed by atoms with Gasteiger partial charge in [-0.3, -0.25) is 9.89 Å². The summed E-state index contributed by atoms with van der Waals surface area (Å²) < 4.78 is 5.80. The van der Waals surface area contributed by atoms with Crippen molar-refractivity contribution in [3.05, 3.63) is 27.3 Å². The zero-order valence-electron chi connectivity index (χ0n) is 9.07. The predicted molar refractivity (Wildman–Crippen MR) is 54.4 cm³/mol. The Kier molecular flexibility index (Phi) is 2.22. The molecule has 84 valence electrons. The van der Waals surface area contributed by atoms with Gasteiger partial charge in [0, 0.05) is 5.69 Å². The van der Waals surface area contributed by atoms with Gasteiger partial charge >= 0.3 is 5.97 Å². The molecule has 0 aromatic carbocycles. The standard InChI is InChI=1S/C9H10N4O3/c1-4-6(9(15)16-3)7-11-10-5(2)8(14)13(7)12-4/h12H,1-3H3. The molecule has 7 heteroatoms. The molecule has 2 rings (SSSR count). The summed E-state index contributed by atoms with van der Waals surface area (Å²) in [5, 5.41) is 10.3. The number of hydrogen-bond donors (Lipinski definition) is 1. The number of nitrogens with one attached hydrogen (secondary N) is 1. The van der Waals surface area contributed by atoms with Crippen molar-refractivity contribution >= 4 is 11.6 Å². The number of carbonyl (C=O) groups excluding carboxylic acids is 1. The Bertz CT molecular complexity index is 625. The van der Waals surface area contributed by atoms with Crippen molar-refractivity contribution in [3.8, 4) is 0 Å². The summed E-state index contributed by atoms with van der Waals surface area (Å²) >= 11 is 0. The normalized spacial score (nSPS) is 10.7. The summed E-state index contributed by atoms with van der Waals surface area (Å²) in [4.78, 5) is 23.2. The van der Waals surface area contributed by atoms with E-state index in [0.717, 1.165) is 0 Å². The van der Waals surface area contributed by atoms with Gasteiger partial charge in [0.1, 0.15) is 11.3 Å². The van der Waals surface area contributed by atoms with Crippen molar-refractivity contribution in [2.24, 2.45) is 0 Å². The van der Waals surface area contributed by atoms with Gasteiger partial charge in [0.2, 0.25) is 0 Å². The van der Waals surface area contributed by atoms with Gasteiger partial charge in [-0.1, -0.05) is 0 Å². The number of aromatic nitrogens is 4. The van der Waals surface area contributed by atoms with E-state index >= 15 is 0 Å².